The average molecular weight is 453 g/mol. The predicted molar refractivity (Wildman–Crippen MR) is 117 cm³/mol. The molecule has 2 N–H and O–H groups in total. The topological polar surface area (TPSA) is 42.9 Å². The molecule has 1 aliphatic heterocycles. The zero-order valence-electron chi connectivity index (χ0n) is 16.3. The Hall–Kier alpha value is -0.0800. The lowest BCUT2D eigenvalue weighted by Gasteiger charge is -2.32. The highest BCUT2D eigenvalue weighted by Crippen LogP contribution is 2.07. The number of aliphatic imine (C=N–C) groups is 1. The number of likely N-dealkylation sites (N-methyl/N-ethyl adjacent to an activating group) is 1. The van der Waals surface area contributed by atoms with E-state index in [0.717, 1.165) is 25.6 Å². The van der Waals surface area contributed by atoms with Gasteiger partial charge >= 0.3 is 0 Å². The molecule has 0 aromatic rings. The van der Waals surface area contributed by atoms with Gasteiger partial charge in [-0.1, -0.05) is 26.7 Å². The Morgan fingerprint density at radius 1 is 1.00 bits per heavy atom. The number of piperazine rings is 1. The van der Waals surface area contributed by atoms with Gasteiger partial charge in [0.15, 0.2) is 5.96 Å². The summed E-state index contributed by atoms with van der Waals surface area (Å²) in [4.78, 5) is 9.73. The summed E-state index contributed by atoms with van der Waals surface area (Å²) in [7, 11) is 2.21. The van der Waals surface area contributed by atoms with Crippen molar-refractivity contribution in [3.05, 3.63) is 0 Å². The fourth-order valence-corrected chi connectivity index (χ4v) is 2.85. The van der Waals surface area contributed by atoms with Crippen molar-refractivity contribution in [3.8, 4) is 0 Å². The Bertz CT molecular complexity index is 313. The van der Waals surface area contributed by atoms with Crippen molar-refractivity contribution in [3.63, 3.8) is 0 Å². The summed E-state index contributed by atoms with van der Waals surface area (Å²) in [6, 6.07) is 0. The Morgan fingerprint density at radius 2 is 1.67 bits per heavy atom. The lowest BCUT2D eigenvalue weighted by atomic mass is 10.0. The van der Waals surface area contributed by atoms with Crippen molar-refractivity contribution in [2.45, 2.75) is 46.5 Å². The first-order valence-electron chi connectivity index (χ1n) is 9.62. The largest absolute Gasteiger partial charge is 0.357 e. The van der Waals surface area contributed by atoms with E-state index in [-0.39, 0.29) is 24.0 Å². The van der Waals surface area contributed by atoms with Crippen LogP contribution in [0.5, 0.6) is 0 Å². The highest BCUT2D eigenvalue weighted by Gasteiger charge is 2.12. The zero-order valence-corrected chi connectivity index (χ0v) is 18.6. The van der Waals surface area contributed by atoms with Crippen molar-refractivity contribution in [1.29, 1.82) is 0 Å². The van der Waals surface area contributed by atoms with Gasteiger partial charge in [0.2, 0.25) is 0 Å². The lowest BCUT2D eigenvalue weighted by Crippen LogP contribution is -2.44. The van der Waals surface area contributed by atoms with E-state index < -0.39 is 0 Å². The number of nitrogens with zero attached hydrogens (tertiary/aromatic N) is 3. The van der Waals surface area contributed by atoms with Gasteiger partial charge < -0.3 is 20.4 Å². The Balaban J connectivity index is 0.00000529. The highest BCUT2D eigenvalue weighted by atomic mass is 127. The van der Waals surface area contributed by atoms with E-state index in [2.05, 4.69) is 48.3 Å². The van der Waals surface area contributed by atoms with E-state index in [1.54, 1.807) is 0 Å². The Kier molecular flexibility index (Phi) is 15.1. The van der Waals surface area contributed by atoms with Gasteiger partial charge in [-0.2, -0.15) is 0 Å². The minimum Gasteiger partial charge on any atom is -0.357 e. The van der Waals surface area contributed by atoms with E-state index in [0.29, 0.717) is 5.92 Å². The van der Waals surface area contributed by atoms with E-state index in [9.17, 15) is 0 Å². The van der Waals surface area contributed by atoms with E-state index in [4.69, 9.17) is 4.99 Å². The van der Waals surface area contributed by atoms with Crippen LogP contribution in [-0.2, 0) is 0 Å². The van der Waals surface area contributed by atoms with Gasteiger partial charge in [0.25, 0.3) is 0 Å². The van der Waals surface area contributed by atoms with Crippen LogP contribution in [-0.4, -0.2) is 75.2 Å². The molecule has 1 rings (SSSR count). The van der Waals surface area contributed by atoms with Crippen molar-refractivity contribution in [2.75, 3.05) is 59.4 Å². The third-order valence-electron chi connectivity index (χ3n) is 4.80. The number of hydrogen-bond donors (Lipinski definition) is 2. The summed E-state index contributed by atoms with van der Waals surface area (Å²) in [5.74, 6) is 1.70. The number of guanidine groups is 1. The molecule has 0 unspecified atom stereocenters. The second kappa shape index (κ2) is 15.2. The molecule has 1 fully saturated rings. The molecule has 0 aromatic heterocycles. The van der Waals surface area contributed by atoms with E-state index in [1.807, 2.05) is 0 Å². The molecule has 0 aliphatic carbocycles. The summed E-state index contributed by atoms with van der Waals surface area (Å²) >= 11 is 0. The average Bonchev–Trinajstić information content (AvgIpc) is 2.57. The van der Waals surface area contributed by atoms with Crippen LogP contribution in [0.2, 0.25) is 0 Å². The van der Waals surface area contributed by atoms with Gasteiger partial charge in [0.1, 0.15) is 0 Å². The molecule has 0 atom stereocenters. The summed E-state index contributed by atoms with van der Waals surface area (Å²) in [5.41, 5.74) is 0. The highest BCUT2D eigenvalue weighted by molar-refractivity contribution is 14.0. The minimum absolute atomic E-state index is 0. The molecule has 0 aromatic carbocycles. The van der Waals surface area contributed by atoms with E-state index in [1.165, 1.54) is 58.4 Å². The third-order valence-corrected chi connectivity index (χ3v) is 4.80. The molecule has 0 radical (unpaired) electrons. The van der Waals surface area contributed by atoms with Crippen LogP contribution in [0.25, 0.3) is 0 Å². The van der Waals surface area contributed by atoms with Gasteiger partial charge in [-0.3, -0.25) is 4.99 Å². The maximum atomic E-state index is 4.73. The van der Waals surface area contributed by atoms with Crippen LogP contribution >= 0.6 is 24.0 Å². The second-order valence-electron chi connectivity index (χ2n) is 6.68. The minimum atomic E-state index is 0. The SMILES string of the molecule is CCNC(=NCC(CC)CC)NCCCCN1CCN(C)CC1.I. The molecule has 1 heterocycles. The quantitative estimate of drug-likeness (QED) is 0.231. The molecule has 0 amide bonds. The smallest absolute Gasteiger partial charge is 0.191 e. The molecule has 144 valence electrons. The third kappa shape index (κ3) is 10.7. The van der Waals surface area contributed by atoms with Gasteiger partial charge in [-0.25, -0.2) is 0 Å². The Labute approximate surface area is 167 Å². The van der Waals surface area contributed by atoms with Crippen LogP contribution in [0.3, 0.4) is 0 Å². The van der Waals surface area contributed by atoms with Crippen LogP contribution in [0.4, 0.5) is 0 Å². The van der Waals surface area contributed by atoms with Gasteiger partial charge in [-0.15, -0.1) is 24.0 Å². The van der Waals surface area contributed by atoms with Gasteiger partial charge in [-0.05, 0) is 39.3 Å². The number of rotatable bonds is 10. The first kappa shape index (κ1) is 23.9. The van der Waals surface area contributed by atoms with Crippen molar-refractivity contribution >= 4 is 29.9 Å². The molecule has 0 saturated carbocycles. The van der Waals surface area contributed by atoms with Gasteiger partial charge in [0, 0.05) is 45.8 Å². The number of hydrogen-bond acceptors (Lipinski definition) is 3. The van der Waals surface area contributed by atoms with Crippen LogP contribution < -0.4 is 10.6 Å². The molecule has 1 saturated heterocycles. The monoisotopic (exact) mass is 453 g/mol. The summed E-state index contributed by atoms with van der Waals surface area (Å²) in [6.07, 6.45) is 4.90. The maximum absolute atomic E-state index is 4.73. The normalized spacial score (nSPS) is 17.0. The van der Waals surface area contributed by atoms with Crippen LogP contribution in [0.1, 0.15) is 46.5 Å². The Morgan fingerprint density at radius 3 is 2.25 bits per heavy atom. The molecule has 1 aliphatic rings. The van der Waals surface area contributed by atoms with E-state index >= 15 is 0 Å². The molecule has 24 heavy (non-hydrogen) atoms. The van der Waals surface area contributed by atoms with Crippen molar-refractivity contribution in [2.24, 2.45) is 10.9 Å². The first-order valence-corrected chi connectivity index (χ1v) is 9.62. The summed E-state index contributed by atoms with van der Waals surface area (Å²) in [6.45, 7) is 15.6. The molecular weight excluding hydrogens is 413 g/mol. The molecule has 5 nitrogen and oxygen atoms in total. The van der Waals surface area contributed by atoms with Gasteiger partial charge in [0.05, 0.1) is 0 Å². The summed E-state index contributed by atoms with van der Waals surface area (Å²) in [5, 5.41) is 6.84. The molecule has 0 bridgehead atoms. The number of nitrogens with one attached hydrogen (secondary N) is 2. The fourth-order valence-electron chi connectivity index (χ4n) is 2.85. The maximum Gasteiger partial charge on any atom is 0.191 e. The van der Waals surface area contributed by atoms with Crippen molar-refractivity contribution in [1.82, 2.24) is 20.4 Å². The van der Waals surface area contributed by atoms with Crippen LogP contribution in [0.15, 0.2) is 4.99 Å². The first-order chi connectivity index (χ1) is 11.2. The molecular formula is C18H40IN5. The van der Waals surface area contributed by atoms with Crippen molar-refractivity contribution < 1.29 is 0 Å². The number of unbranched alkanes of at least 4 members (excludes halogenated alkanes) is 1. The van der Waals surface area contributed by atoms with Crippen LogP contribution in [0, 0.1) is 5.92 Å². The second-order valence-corrected chi connectivity index (χ2v) is 6.68. The molecule has 6 heteroatoms. The predicted octanol–water partition coefficient (Wildman–Crippen LogP) is 2.62. The summed E-state index contributed by atoms with van der Waals surface area (Å²) < 4.78 is 0. The fraction of sp³-hybridized carbons (Fsp3) is 0.944. The standard InChI is InChI=1S/C18H39N5.HI/c1-5-17(6-2)16-21-18(19-7-3)20-10-8-9-11-23-14-12-22(4)13-15-23;/h17H,5-16H2,1-4H3,(H2,19,20,21);1H. The lowest BCUT2D eigenvalue weighted by molar-refractivity contribution is 0.152. The number of halogens is 1. The zero-order chi connectivity index (χ0) is 16.9. The molecule has 0 spiro atoms.